The molecule has 1 aromatic carbocycles. The fourth-order valence-corrected chi connectivity index (χ4v) is 2.92. The van der Waals surface area contributed by atoms with Crippen molar-refractivity contribution in [1.29, 1.82) is 5.26 Å². The number of para-hydroxylation sites is 1. The van der Waals surface area contributed by atoms with E-state index in [9.17, 15) is 0 Å². The SMILES string of the molecule is CC1CSCCN1c1ccccc1C#N. The maximum atomic E-state index is 9.05. The number of thioether (sulfide) groups is 1. The third-order valence-electron chi connectivity index (χ3n) is 2.70. The topological polar surface area (TPSA) is 27.0 Å². The van der Waals surface area contributed by atoms with Gasteiger partial charge in [0.05, 0.1) is 11.3 Å². The van der Waals surface area contributed by atoms with E-state index < -0.39 is 0 Å². The van der Waals surface area contributed by atoms with Crippen LogP contribution in [0.25, 0.3) is 0 Å². The Morgan fingerprint density at radius 3 is 3.00 bits per heavy atom. The van der Waals surface area contributed by atoms with Crippen molar-refractivity contribution in [2.75, 3.05) is 23.0 Å². The molecule has 1 unspecified atom stereocenters. The van der Waals surface area contributed by atoms with Gasteiger partial charge >= 0.3 is 0 Å². The highest BCUT2D eigenvalue weighted by atomic mass is 32.2. The molecule has 0 bridgehead atoms. The van der Waals surface area contributed by atoms with Gasteiger partial charge in [-0.15, -0.1) is 0 Å². The van der Waals surface area contributed by atoms with Crippen LogP contribution >= 0.6 is 11.8 Å². The van der Waals surface area contributed by atoms with Crippen LogP contribution in [-0.2, 0) is 0 Å². The van der Waals surface area contributed by atoms with Gasteiger partial charge in [-0.25, -0.2) is 0 Å². The van der Waals surface area contributed by atoms with E-state index in [1.807, 2.05) is 36.0 Å². The summed E-state index contributed by atoms with van der Waals surface area (Å²) in [6.07, 6.45) is 0. The molecule has 2 nitrogen and oxygen atoms in total. The first-order chi connectivity index (χ1) is 7.33. The number of nitriles is 1. The van der Waals surface area contributed by atoms with Crippen molar-refractivity contribution in [3.8, 4) is 6.07 Å². The van der Waals surface area contributed by atoms with Gasteiger partial charge in [0, 0.05) is 24.1 Å². The molecular weight excluding hydrogens is 204 g/mol. The molecule has 0 aliphatic carbocycles. The molecule has 3 heteroatoms. The van der Waals surface area contributed by atoms with E-state index in [4.69, 9.17) is 5.26 Å². The van der Waals surface area contributed by atoms with Crippen molar-refractivity contribution in [3.05, 3.63) is 29.8 Å². The number of anilines is 1. The van der Waals surface area contributed by atoms with Crippen molar-refractivity contribution in [1.82, 2.24) is 0 Å². The molecule has 0 saturated carbocycles. The predicted octanol–water partition coefficient (Wildman–Crippen LogP) is 2.50. The largest absolute Gasteiger partial charge is 0.366 e. The van der Waals surface area contributed by atoms with Gasteiger partial charge in [0.2, 0.25) is 0 Å². The van der Waals surface area contributed by atoms with Crippen LogP contribution in [0.4, 0.5) is 5.69 Å². The van der Waals surface area contributed by atoms with Gasteiger partial charge in [0.15, 0.2) is 0 Å². The quantitative estimate of drug-likeness (QED) is 0.724. The molecule has 1 heterocycles. The Hall–Kier alpha value is -1.14. The highest BCUT2D eigenvalue weighted by molar-refractivity contribution is 7.99. The van der Waals surface area contributed by atoms with Crippen molar-refractivity contribution < 1.29 is 0 Å². The first kappa shape index (κ1) is 10.4. The minimum absolute atomic E-state index is 0.526. The van der Waals surface area contributed by atoms with E-state index in [0.29, 0.717) is 6.04 Å². The number of benzene rings is 1. The lowest BCUT2D eigenvalue weighted by molar-refractivity contribution is 0.699. The van der Waals surface area contributed by atoms with E-state index >= 15 is 0 Å². The lowest BCUT2D eigenvalue weighted by atomic mass is 10.1. The number of nitrogens with zero attached hydrogens (tertiary/aromatic N) is 2. The zero-order valence-electron chi connectivity index (χ0n) is 8.81. The van der Waals surface area contributed by atoms with Crippen LogP contribution in [0.1, 0.15) is 12.5 Å². The summed E-state index contributed by atoms with van der Waals surface area (Å²) in [4.78, 5) is 2.34. The molecular formula is C12H14N2S. The molecule has 0 amide bonds. The standard InChI is InChI=1S/C12H14N2S/c1-10-9-15-7-6-14(10)12-5-3-2-4-11(12)8-13/h2-5,10H,6-7,9H2,1H3. The molecule has 1 aliphatic rings. The van der Waals surface area contributed by atoms with E-state index in [1.54, 1.807) is 0 Å². The summed E-state index contributed by atoms with van der Waals surface area (Å²) in [5.41, 5.74) is 1.88. The van der Waals surface area contributed by atoms with E-state index in [-0.39, 0.29) is 0 Å². The maximum absolute atomic E-state index is 9.05. The molecule has 15 heavy (non-hydrogen) atoms. The van der Waals surface area contributed by atoms with E-state index in [2.05, 4.69) is 17.9 Å². The van der Waals surface area contributed by atoms with Crippen LogP contribution < -0.4 is 4.90 Å². The van der Waals surface area contributed by atoms with Crippen molar-refractivity contribution in [2.45, 2.75) is 13.0 Å². The molecule has 1 aliphatic heterocycles. The van der Waals surface area contributed by atoms with Crippen LogP contribution in [0.5, 0.6) is 0 Å². The van der Waals surface area contributed by atoms with E-state index in [1.165, 1.54) is 0 Å². The molecule has 1 atom stereocenters. The zero-order chi connectivity index (χ0) is 10.7. The summed E-state index contributed by atoms with van der Waals surface area (Å²) in [6, 6.07) is 10.7. The number of hydrogen-bond acceptors (Lipinski definition) is 3. The number of hydrogen-bond donors (Lipinski definition) is 0. The Labute approximate surface area is 94.9 Å². The van der Waals surface area contributed by atoms with Crippen LogP contribution in [0, 0.1) is 11.3 Å². The molecule has 1 saturated heterocycles. The van der Waals surface area contributed by atoms with Gasteiger partial charge in [-0.05, 0) is 19.1 Å². The van der Waals surface area contributed by atoms with Crippen LogP contribution in [0.15, 0.2) is 24.3 Å². The van der Waals surface area contributed by atoms with Gasteiger partial charge in [0.1, 0.15) is 6.07 Å². The highest BCUT2D eigenvalue weighted by Crippen LogP contribution is 2.26. The molecule has 0 N–H and O–H groups in total. The van der Waals surface area contributed by atoms with Crippen molar-refractivity contribution >= 4 is 17.4 Å². The van der Waals surface area contributed by atoms with Crippen LogP contribution in [0.2, 0.25) is 0 Å². The maximum Gasteiger partial charge on any atom is 0.101 e. The Morgan fingerprint density at radius 2 is 2.27 bits per heavy atom. The molecule has 0 aromatic heterocycles. The lowest BCUT2D eigenvalue weighted by Crippen LogP contribution is -2.40. The fraction of sp³-hybridized carbons (Fsp3) is 0.417. The average molecular weight is 218 g/mol. The summed E-state index contributed by atoms with van der Waals surface area (Å²) < 4.78 is 0. The smallest absolute Gasteiger partial charge is 0.101 e. The molecule has 0 spiro atoms. The summed E-state index contributed by atoms with van der Waals surface area (Å²) >= 11 is 1.99. The fourth-order valence-electron chi connectivity index (χ4n) is 1.90. The van der Waals surface area contributed by atoms with Gasteiger partial charge in [0.25, 0.3) is 0 Å². The predicted molar refractivity (Wildman–Crippen MR) is 65.3 cm³/mol. The summed E-state index contributed by atoms with van der Waals surface area (Å²) in [7, 11) is 0. The Morgan fingerprint density at radius 1 is 1.47 bits per heavy atom. The van der Waals surface area contributed by atoms with Crippen LogP contribution in [0.3, 0.4) is 0 Å². The summed E-state index contributed by atoms with van der Waals surface area (Å²) in [5.74, 6) is 2.31. The second kappa shape index (κ2) is 4.59. The second-order valence-electron chi connectivity index (χ2n) is 3.75. The third-order valence-corrected chi connectivity index (χ3v) is 3.89. The first-order valence-electron chi connectivity index (χ1n) is 5.16. The van der Waals surface area contributed by atoms with Gasteiger partial charge < -0.3 is 4.90 Å². The molecule has 0 radical (unpaired) electrons. The second-order valence-corrected chi connectivity index (χ2v) is 4.90. The monoisotopic (exact) mass is 218 g/mol. The van der Waals surface area contributed by atoms with Gasteiger partial charge in [-0.1, -0.05) is 12.1 Å². The lowest BCUT2D eigenvalue weighted by Gasteiger charge is -2.35. The zero-order valence-corrected chi connectivity index (χ0v) is 9.63. The van der Waals surface area contributed by atoms with Gasteiger partial charge in [-0.3, -0.25) is 0 Å². The van der Waals surface area contributed by atoms with Gasteiger partial charge in [-0.2, -0.15) is 17.0 Å². The Balaban J connectivity index is 2.31. The summed E-state index contributed by atoms with van der Waals surface area (Å²) in [6.45, 7) is 3.27. The van der Waals surface area contributed by atoms with Crippen molar-refractivity contribution in [3.63, 3.8) is 0 Å². The minimum atomic E-state index is 0.526. The molecule has 78 valence electrons. The third kappa shape index (κ3) is 2.10. The molecule has 1 aromatic rings. The average Bonchev–Trinajstić information content (AvgIpc) is 2.30. The molecule has 2 rings (SSSR count). The van der Waals surface area contributed by atoms with Crippen LogP contribution in [-0.4, -0.2) is 24.1 Å². The molecule has 1 fully saturated rings. The first-order valence-corrected chi connectivity index (χ1v) is 6.32. The Bertz CT molecular complexity index is 383. The van der Waals surface area contributed by atoms with Crippen molar-refractivity contribution in [2.24, 2.45) is 0 Å². The normalized spacial score (nSPS) is 21.1. The highest BCUT2D eigenvalue weighted by Gasteiger charge is 2.20. The summed E-state index contributed by atoms with van der Waals surface area (Å²) in [5, 5.41) is 9.05. The minimum Gasteiger partial charge on any atom is -0.366 e. The van der Waals surface area contributed by atoms with E-state index in [0.717, 1.165) is 29.3 Å². The Kier molecular flexibility index (Phi) is 3.17. The number of rotatable bonds is 1.